The first-order chi connectivity index (χ1) is 13.5. The van der Waals surface area contributed by atoms with Gasteiger partial charge in [0.2, 0.25) is 0 Å². The highest BCUT2D eigenvalue weighted by molar-refractivity contribution is 5.92. The van der Waals surface area contributed by atoms with Crippen molar-refractivity contribution in [1.29, 1.82) is 0 Å². The predicted molar refractivity (Wildman–Crippen MR) is 114 cm³/mol. The molecule has 28 heavy (non-hydrogen) atoms. The Morgan fingerprint density at radius 2 is 1.82 bits per heavy atom. The highest BCUT2D eigenvalue weighted by Gasteiger charge is 2.21. The van der Waals surface area contributed by atoms with Gasteiger partial charge in [-0.1, -0.05) is 25.5 Å². The van der Waals surface area contributed by atoms with Crippen LogP contribution in [0.5, 0.6) is 0 Å². The maximum Gasteiger partial charge on any atom is 0.272 e. The van der Waals surface area contributed by atoms with E-state index in [1.165, 1.54) is 23.1 Å². The summed E-state index contributed by atoms with van der Waals surface area (Å²) in [6, 6.07) is 8.32. The number of aryl methyl sites for hydroxylation is 1. The molecule has 1 aliphatic heterocycles. The van der Waals surface area contributed by atoms with Crippen LogP contribution < -0.4 is 9.80 Å². The molecular weight excluding hydrogens is 350 g/mol. The monoisotopic (exact) mass is 381 g/mol. The van der Waals surface area contributed by atoms with Crippen LogP contribution in [0.25, 0.3) is 0 Å². The minimum Gasteiger partial charge on any atom is -0.368 e. The minimum absolute atomic E-state index is 0.0360. The van der Waals surface area contributed by atoms with Crippen LogP contribution in [0.4, 0.5) is 11.5 Å². The summed E-state index contributed by atoms with van der Waals surface area (Å²) in [5, 5.41) is 0. The van der Waals surface area contributed by atoms with Crippen molar-refractivity contribution in [3.63, 3.8) is 0 Å². The van der Waals surface area contributed by atoms with E-state index in [-0.39, 0.29) is 5.91 Å². The Balaban J connectivity index is 1.66. The quantitative estimate of drug-likeness (QED) is 0.768. The lowest BCUT2D eigenvalue weighted by Crippen LogP contribution is -2.47. The summed E-state index contributed by atoms with van der Waals surface area (Å²) in [5.74, 6) is 0.800. The van der Waals surface area contributed by atoms with E-state index in [0.717, 1.165) is 51.4 Å². The van der Waals surface area contributed by atoms with Gasteiger partial charge in [-0.25, -0.2) is 9.97 Å². The average molecular weight is 382 g/mol. The normalized spacial score (nSPS) is 14.3. The molecule has 6 heteroatoms. The summed E-state index contributed by atoms with van der Waals surface area (Å²) < 4.78 is 0. The van der Waals surface area contributed by atoms with E-state index >= 15 is 0 Å². The zero-order valence-corrected chi connectivity index (χ0v) is 17.5. The number of amides is 1. The molecule has 0 saturated carbocycles. The number of nitrogens with zero attached hydrogens (tertiary/aromatic N) is 5. The number of anilines is 2. The van der Waals surface area contributed by atoms with Gasteiger partial charge in [0.1, 0.15) is 17.8 Å². The number of benzene rings is 1. The number of carbonyl (C=O) groups is 1. The predicted octanol–water partition coefficient (Wildman–Crippen LogP) is 3.29. The number of hydrogen-bond donors (Lipinski definition) is 0. The van der Waals surface area contributed by atoms with Crippen molar-refractivity contribution in [2.75, 3.05) is 49.6 Å². The number of unbranched alkanes of at least 4 members (excludes halogenated alkanes) is 1. The molecule has 2 heterocycles. The van der Waals surface area contributed by atoms with Crippen LogP contribution in [0, 0.1) is 13.8 Å². The van der Waals surface area contributed by atoms with Gasteiger partial charge in [-0.05, 0) is 37.5 Å². The van der Waals surface area contributed by atoms with Gasteiger partial charge < -0.3 is 14.7 Å². The van der Waals surface area contributed by atoms with Gasteiger partial charge in [0.05, 0.1) is 0 Å². The summed E-state index contributed by atoms with van der Waals surface area (Å²) in [6.07, 6.45) is 3.57. The van der Waals surface area contributed by atoms with E-state index in [0.29, 0.717) is 5.69 Å². The van der Waals surface area contributed by atoms with Crippen LogP contribution in [0.2, 0.25) is 0 Å². The SMILES string of the molecule is CCCCN(C)C(=O)c1cc(N2CCN(c3cccc(C)c3C)CC2)ncn1. The summed E-state index contributed by atoms with van der Waals surface area (Å²) in [6.45, 7) is 10.9. The molecule has 0 unspecified atom stereocenters. The molecule has 0 radical (unpaired) electrons. The van der Waals surface area contributed by atoms with Crippen LogP contribution in [0.1, 0.15) is 41.4 Å². The molecule has 0 spiro atoms. The topological polar surface area (TPSA) is 52.6 Å². The largest absolute Gasteiger partial charge is 0.368 e. The lowest BCUT2D eigenvalue weighted by atomic mass is 10.1. The molecule has 150 valence electrons. The Morgan fingerprint density at radius 1 is 1.11 bits per heavy atom. The molecule has 1 aromatic carbocycles. The summed E-state index contributed by atoms with van der Waals surface area (Å²) in [7, 11) is 1.84. The first kappa shape index (κ1) is 20.1. The third-order valence-corrected chi connectivity index (χ3v) is 5.59. The van der Waals surface area contributed by atoms with Crippen molar-refractivity contribution < 1.29 is 4.79 Å². The molecule has 0 aliphatic carbocycles. The zero-order chi connectivity index (χ0) is 20.1. The van der Waals surface area contributed by atoms with Crippen LogP contribution in [0.15, 0.2) is 30.6 Å². The zero-order valence-electron chi connectivity index (χ0n) is 17.5. The molecule has 0 atom stereocenters. The van der Waals surface area contributed by atoms with E-state index in [1.807, 2.05) is 13.1 Å². The second-order valence-electron chi connectivity index (χ2n) is 7.53. The highest BCUT2D eigenvalue weighted by Crippen LogP contribution is 2.25. The Morgan fingerprint density at radius 3 is 2.54 bits per heavy atom. The second-order valence-corrected chi connectivity index (χ2v) is 7.53. The Bertz CT molecular complexity index is 814. The van der Waals surface area contributed by atoms with E-state index in [2.05, 4.69) is 58.7 Å². The number of hydrogen-bond acceptors (Lipinski definition) is 5. The summed E-state index contributed by atoms with van der Waals surface area (Å²) in [4.78, 5) is 27.7. The van der Waals surface area contributed by atoms with Crippen molar-refractivity contribution in [2.24, 2.45) is 0 Å². The number of piperazine rings is 1. The van der Waals surface area contributed by atoms with Crippen molar-refractivity contribution in [3.05, 3.63) is 47.4 Å². The highest BCUT2D eigenvalue weighted by atomic mass is 16.2. The third-order valence-electron chi connectivity index (χ3n) is 5.59. The van der Waals surface area contributed by atoms with E-state index in [1.54, 1.807) is 4.90 Å². The molecule has 0 bridgehead atoms. The lowest BCUT2D eigenvalue weighted by Gasteiger charge is -2.37. The first-order valence-electron chi connectivity index (χ1n) is 10.1. The maximum absolute atomic E-state index is 12.6. The van der Waals surface area contributed by atoms with Gasteiger partial charge in [-0.3, -0.25) is 4.79 Å². The van der Waals surface area contributed by atoms with Crippen molar-refractivity contribution in [1.82, 2.24) is 14.9 Å². The summed E-state index contributed by atoms with van der Waals surface area (Å²) in [5.41, 5.74) is 4.46. The van der Waals surface area contributed by atoms with Crippen LogP contribution in [-0.4, -0.2) is 60.5 Å². The van der Waals surface area contributed by atoms with Crippen LogP contribution >= 0.6 is 0 Å². The lowest BCUT2D eigenvalue weighted by molar-refractivity contribution is 0.0787. The minimum atomic E-state index is -0.0360. The van der Waals surface area contributed by atoms with E-state index < -0.39 is 0 Å². The Labute approximate surface area is 168 Å². The van der Waals surface area contributed by atoms with Gasteiger partial charge in [-0.15, -0.1) is 0 Å². The Kier molecular flexibility index (Phi) is 6.49. The van der Waals surface area contributed by atoms with Crippen LogP contribution in [-0.2, 0) is 0 Å². The number of aromatic nitrogens is 2. The average Bonchev–Trinajstić information content (AvgIpc) is 2.73. The molecule has 1 fully saturated rings. The van der Waals surface area contributed by atoms with Gasteiger partial charge in [0.25, 0.3) is 5.91 Å². The molecule has 1 saturated heterocycles. The standard InChI is InChI=1S/C22H31N5O/c1-5-6-10-25(4)22(28)19-15-21(24-16-23-19)27-13-11-26(12-14-27)20-9-7-8-17(2)18(20)3/h7-9,15-16H,5-6,10-14H2,1-4H3. The number of carbonyl (C=O) groups excluding carboxylic acids is 1. The molecule has 1 aromatic heterocycles. The van der Waals surface area contributed by atoms with Crippen molar-refractivity contribution in [3.8, 4) is 0 Å². The van der Waals surface area contributed by atoms with Crippen molar-refractivity contribution in [2.45, 2.75) is 33.6 Å². The van der Waals surface area contributed by atoms with Gasteiger partial charge in [0, 0.05) is 51.5 Å². The Hall–Kier alpha value is -2.63. The first-order valence-corrected chi connectivity index (χ1v) is 10.1. The van der Waals surface area contributed by atoms with Gasteiger partial charge in [-0.2, -0.15) is 0 Å². The van der Waals surface area contributed by atoms with Gasteiger partial charge in [0.15, 0.2) is 0 Å². The summed E-state index contributed by atoms with van der Waals surface area (Å²) >= 11 is 0. The third kappa shape index (κ3) is 4.43. The molecular formula is C22H31N5O. The maximum atomic E-state index is 12.6. The van der Waals surface area contributed by atoms with Gasteiger partial charge >= 0.3 is 0 Å². The number of rotatable bonds is 6. The molecule has 2 aromatic rings. The molecule has 3 rings (SSSR count). The molecule has 6 nitrogen and oxygen atoms in total. The molecule has 1 amide bonds. The molecule has 0 N–H and O–H groups in total. The fraction of sp³-hybridized carbons (Fsp3) is 0.500. The van der Waals surface area contributed by atoms with E-state index in [9.17, 15) is 4.79 Å². The second kappa shape index (κ2) is 9.04. The van der Waals surface area contributed by atoms with E-state index in [4.69, 9.17) is 0 Å². The van der Waals surface area contributed by atoms with Crippen LogP contribution in [0.3, 0.4) is 0 Å². The molecule has 1 aliphatic rings. The van der Waals surface area contributed by atoms with Crippen molar-refractivity contribution >= 4 is 17.4 Å². The fourth-order valence-electron chi connectivity index (χ4n) is 3.58. The fourth-order valence-corrected chi connectivity index (χ4v) is 3.58. The smallest absolute Gasteiger partial charge is 0.272 e.